The molecule has 8 nitrogen and oxygen atoms in total. The molecule has 0 aliphatic heterocycles. The van der Waals surface area contributed by atoms with Crippen molar-refractivity contribution in [1.29, 1.82) is 0 Å². The summed E-state index contributed by atoms with van der Waals surface area (Å²) in [7, 11) is 6.44. The van der Waals surface area contributed by atoms with Crippen LogP contribution >= 0.6 is 0 Å². The van der Waals surface area contributed by atoms with Gasteiger partial charge in [-0.25, -0.2) is 4.79 Å². The normalized spacial score (nSPS) is 10.9. The zero-order valence-electron chi connectivity index (χ0n) is 10.6. The molecule has 0 fully saturated rings. The van der Waals surface area contributed by atoms with Gasteiger partial charge in [-0.3, -0.25) is 13.9 Å². The lowest BCUT2D eigenvalue weighted by Crippen LogP contribution is -2.38. The fraction of sp³-hybridized carbons (Fsp3) is 0.400. The number of rotatable bonds is 1. The molecule has 0 radical (unpaired) electrons. The van der Waals surface area contributed by atoms with E-state index in [0.29, 0.717) is 5.82 Å². The number of anilines is 2. The van der Waals surface area contributed by atoms with Crippen LogP contribution in [0.25, 0.3) is 11.0 Å². The number of nitrogens with two attached hydrogens (primary N) is 1. The summed E-state index contributed by atoms with van der Waals surface area (Å²) in [6, 6.07) is 0. The Hall–Kier alpha value is -2.38. The predicted octanol–water partition coefficient (Wildman–Crippen LogP) is -1.32. The van der Waals surface area contributed by atoms with Gasteiger partial charge in [0.1, 0.15) is 11.2 Å². The molecule has 0 saturated heterocycles. The third kappa shape index (κ3) is 1.53. The topological polar surface area (TPSA) is 99.0 Å². The fourth-order valence-electron chi connectivity index (χ4n) is 1.78. The summed E-state index contributed by atoms with van der Waals surface area (Å²) in [6.07, 6.45) is 0. The molecule has 8 heteroatoms. The molecule has 96 valence electrons. The first kappa shape index (κ1) is 12.1. The smallest absolute Gasteiger partial charge is 0.332 e. The molecule has 0 spiro atoms. The van der Waals surface area contributed by atoms with Crippen LogP contribution in [0.5, 0.6) is 0 Å². The summed E-state index contributed by atoms with van der Waals surface area (Å²) in [5.74, 6) is 0.420. The molecule has 2 rings (SSSR count). The molecule has 0 unspecified atom stereocenters. The molecule has 0 aliphatic rings. The van der Waals surface area contributed by atoms with E-state index in [1.807, 2.05) is 0 Å². The Morgan fingerprint density at radius 1 is 1.11 bits per heavy atom. The SMILES string of the molecule is CN(C)c1nc(N)nc2c1c(=O)n(C)c(=O)n2C. The lowest BCUT2D eigenvalue weighted by atomic mass is 10.3. The van der Waals surface area contributed by atoms with Crippen LogP contribution in [0.2, 0.25) is 0 Å². The second-order valence-corrected chi connectivity index (χ2v) is 4.20. The Morgan fingerprint density at radius 3 is 2.28 bits per heavy atom. The third-order valence-corrected chi connectivity index (χ3v) is 2.72. The second-order valence-electron chi connectivity index (χ2n) is 4.20. The Bertz CT molecular complexity index is 743. The van der Waals surface area contributed by atoms with Gasteiger partial charge >= 0.3 is 5.69 Å². The molecule has 0 amide bonds. The molecule has 2 N–H and O–H groups in total. The molecule has 0 aromatic carbocycles. The van der Waals surface area contributed by atoms with Crippen molar-refractivity contribution in [2.24, 2.45) is 14.1 Å². The van der Waals surface area contributed by atoms with Crippen molar-refractivity contribution >= 4 is 22.8 Å². The highest BCUT2D eigenvalue weighted by Crippen LogP contribution is 2.18. The number of nitrogens with zero attached hydrogens (tertiary/aromatic N) is 5. The lowest BCUT2D eigenvalue weighted by Gasteiger charge is -2.15. The number of fused-ring (bicyclic) bond motifs is 1. The molecule has 2 heterocycles. The highest BCUT2D eigenvalue weighted by molar-refractivity contribution is 5.87. The highest BCUT2D eigenvalue weighted by Gasteiger charge is 2.16. The van der Waals surface area contributed by atoms with Crippen molar-refractivity contribution in [1.82, 2.24) is 19.1 Å². The molecule has 2 aromatic heterocycles. The van der Waals surface area contributed by atoms with Crippen molar-refractivity contribution in [3.8, 4) is 0 Å². The van der Waals surface area contributed by atoms with Crippen LogP contribution in [0, 0.1) is 0 Å². The van der Waals surface area contributed by atoms with Crippen molar-refractivity contribution in [3.63, 3.8) is 0 Å². The van der Waals surface area contributed by atoms with Gasteiger partial charge in [0.15, 0.2) is 5.65 Å². The summed E-state index contributed by atoms with van der Waals surface area (Å²) in [6.45, 7) is 0. The van der Waals surface area contributed by atoms with Crippen LogP contribution in [0.1, 0.15) is 0 Å². The molecular weight excluding hydrogens is 236 g/mol. The summed E-state index contributed by atoms with van der Waals surface area (Å²) in [5.41, 5.74) is 4.95. The van der Waals surface area contributed by atoms with Gasteiger partial charge in [-0.05, 0) is 0 Å². The highest BCUT2D eigenvalue weighted by atomic mass is 16.2. The van der Waals surface area contributed by atoms with E-state index in [1.54, 1.807) is 19.0 Å². The molecule has 0 atom stereocenters. The van der Waals surface area contributed by atoms with Gasteiger partial charge in [-0.1, -0.05) is 0 Å². The van der Waals surface area contributed by atoms with Crippen LogP contribution in [-0.4, -0.2) is 33.2 Å². The maximum absolute atomic E-state index is 12.1. The molecular formula is C10H14N6O2. The van der Waals surface area contributed by atoms with Crippen LogP contribution in [0.15, 0.2) is 9.59 Å². The van der Waals surface area contributed by atoms with E-state index < -0.39 is 11.2 Å². The summed E-state index contributed by atoms with van der Waals surface area (Å²) < 4.78 is 2.30. The summed E-state index contributed by atoms with van der Waals surface area (Å²) in [4.78, 5) is 33.6. The maximum atomic E-state index is 12.1. The molecule has 2 aromatic rings. The van der Waals surface area contributed by atoms with Crippen molar-refractivity contribution < 1.29 is 0 Å². The predicted molar refractivity (Wildman–Crippen MR) is 68.8 cm³/mol. The maximum Gasteiger partial charge on any atom is 0.332 e. The Morgan fingerprint density at radius 2 is 1.72 bits per heavy atom. The number of hydrogen-bond acceptors (Lipinski definition) is 6. The second kappa shape index (κ2) is 3.83. The largest absolute Gasteiger partial charge is 0.368 e. The Balaban J connectivity index is 3.16. The minimum Gasteiger partial charge on any atom is -0.368 e. The zero-order chi connectivity index (χ0) is 13.6. The Labute approximate surface area is 102 Å². The van der Waals surface area contributed by atoms with Crippen LogP contribution in [-0.2, 0) is 14.1 Å². The molecule has 0 saturated carbocycles. The van der Waals surface area contributed by atoms with Gasteiger partial charge in [0.2, 0.25) is 5.95 Å². The number of aryl methyl sites for hydroxylation is 1. The first-order chi connectivity index (χ1) is 8.34. The average molecular weight is 250 g/mol. The van der Waals surface area contributed by atoms with Gasteiger partial charge in [0.25, 0.3) is 5.56 Å². The van der Waals surface area contributed by atoms with Crippen molar-refractivity contribution in [2.45, 2.75) is 0 Å². The first-order valence-electron chi connectivity index (χ1n) is 5.25. The number of hydrogen-bond donors (Lipinski definition) is 1. The van der Waals surface area contributed by atoms with E-state index in [4.69, 9.17) is 5.73 Å². The van der Waals surface area contributed by atoms with E-state index in [9.17, 15) is 9.59 Å². The molecule has 18 heavy (non-hydrogen) atoms. The molecule has 0 aliphatic carbocycles. The van der Waals surface area contributed by atoms with E-state index in [-0.39, 0.29) is 17.0 Å². The van der Waals surface area contributed by atoms with Crippen LogP contribution < -0.4 is 21.9 Å². The van der Waals surface area contributed by atoms with Crippen molar-refractivity contribution in [3.05, 3.63) is 20.8 Å². The third-order valence-electron chi connectivity index (χ3n) is 2.72. The van der Waals surface area contributed by atoms with E-state index >= 15 is 0 Å². The van der Waals surface area contributed by atoms with E-state index in [2.05, 4.69) is 9.97 Å². The Kier molecular flexibility index (Phi) is 2.57. The van der Waals surface area contributed by atoms with Crippen molar-refractivity contribution in [2.75, 3.05) is 24.7 Å². The van der Waals surface area contributed by atoms with E-state index in [1.165, 1.54) is 18.7 Å². The van der Waals surface area contributed by atoms with Crippen LogP contribution in [0.3, 0.4) is 0 Å². The van der Waals surface area contributed by atoms with Gasteiger partial charge in [-0.15, -0.1) is 0 Å². The fourth-order valence-corrected chi connectivity index (χ4v) is 1.78. The summed E-state index contributed by atoms with van der Waals surface area (Å²) in [5, 5.41) is 0.277. The average Bonchev–Trinajstić information content (AvgIpc) is 2.32. The minimum atomic E-state index is -0.449. The lowest BCUT2D eigenvalue weighted by molar-refractivity contribution is 0.706. The number of nitrogen functional groups attached to an aromatic ring is 1. The van der Waals surface area contributed by atoms with Gasteiger partial charge < -0.3 is 10.6 Å². The van der Waals surface area contributed by atoms with Gasteiger partial charge in [0.05, 0.1) is 0 Å². The zero-order valence-corrected chi connectivity index (χ0v) is 10.6. The first-order valence-corrected chi connectivity index (χ1v) is 5.25. The van der Waals surface area contributed by atoms with Gasteiger partial charge in [-0.2, -0.15) is 9.97 Å². The van der Waals surface area contributed by atoms with E-state index in [0.717, 1.165) is 4.57 Å². The minimum absolute atomic E-state index is 0.0226. The monoisotopic (exact) mass is 250 g/mol. The summed E-state index contributed by atoms with van der Waals surface area (Å²) >= 11 is 0. The quantitative estimate of drug-likeness (QED) is 0.673. The van der Waals surface area contributed by atoms with Crippen LogP contribution in [0.4, 0.5) is 11.8 Å². The standard InChI is InChI=1S/C10H14N6O2/c1-14(2)6-5-7(13-9(11)12-6)15(3)10(18)16(4)8(5)17/h1-4H3,(H2,11,12,13). The number of aromatic nitrogens is 4. The molecule has 0 bridgehead atoms. The van der Waals surface area contributed by atoms with Gasteiger partial charge in [0, 0.05) is 28.2 Å².